The Morgan fingerprint density at radius 3 is 2.35 bits per heavy atom. The number of nitrogens with one attached hydrogen (secondary N) is 2. The Balaban J connectivity index is 1.47. The number of methoxy groups -OCH3 is 2. The lowest BCUT2D eigenvalue weighted by atomic mass is 10.2. The summed E-state index contributed by atoms with van der Waals surface area (Å²) in [6, 6.07) is 6.88. The van der Waals surface area contributed by atoms with Crippen molar-refractivity contribution in [1.29, 1.82) is 0 Å². The van der Waals surface area contributed by atoms with Crippen LogP contribution in [0.15, 0.2) is 23.2 Å². The van der Waals surface area contributed by atoms with Crippen molar-refractivity contribution in [2.45, 2.75) is 32.4 Å². The van der Waals surface area contributed by atoms with Crippen LogP contribution in [0.5, 0.6) is 11.5 Å². The van der Waals surface area contributed by atoms with Crippen molar-refractivity contribution in [3.05, 3.63) is 18.2 Å². The Kier molecular flexibility index (Phi) is 8.66. The van der Waals surface area contributed by atoms with Crippen molar-refractivity contribution in [3.8, 4) is 11.5 Å². The fourth-order valence-corrected chi connectivity index (χ4v) is 4.37. The minimum Gasteiger partial charge on any atom is -0.497 e. The van der Waals surface area contributed by atoms with Crippen LogP contribution in [0.25, 0.3) is 0 Å². The van der Waals surface area contributed by atoms with Gasteiger partial charge in [0.15, 0.2) is 5.96 Å². The van der Waals surface area contributed by atoms with E-state index in [1.54, 1.807) is 14.2 Å². The molecule has 2 unspecified atom stereocenters. The lowest BCUT2D eigenvalue weighted by Crippen LogP contribution is -2.53. The molecule has 2 aliphatic rings. The van der Waals surface area contributed by atoms with Gasteiger partial charge in [0.25, 0.3) is 0 Å². The van der Waals surface area contributed by atoms with Gasteiger partial charge in [-0.1, -0.05) is 6.92 Å². The molecule has 2 N–H and O–H groups in total. The Labute approximate surface area is 187 Å². The lowest BCUT2D eigenvalue weighted by molar-refractivity contribution is 0.107. The monoisotopic (exact) mass is 432 g/mol. The fraction of sp³-hybridized carbons (Fsp3) is 0.696. The van der Waals surface area contributed by atoms with Gasteiger partial charge in [-0.3, -0.25) is 9.89 Å². The molecule has 0 radical (unpaired) electrons. The zero-order chi connectivity index (χ0) is 22.2. The number of nitrogens with zero attached hydrogens (tertiary/aromatic N) is 4. The van der Waals surface area contributed by atoms with E-state index in [4.69, 9.17) is 9.47 Å². The molecule has 2 fully saturated rings. The highest BCUT2D eigenvalue weighted by atomic mass is 16.5. The molecule has 0 aromatic heterocycles. The van der Waals surface area contributed by atoms with Gasteiger partial charge in [0, 0.05) is 88.8 Å². The molecule has 0 spiro atoms. The second-order valence-electron chi connectivity index (χ2n) is 8.42. The number of hydrogen-bond acceptors (Lipinski definition) is 6. The first-order chi connectivity index (χ1) is 15.1. The SMILES string of the molecule is CCN1CCN(C(C)CNC(=NC)NC2CCN(c3cc(OC)cc(OC)c3)C2)CC1. The summed E-state index contributed by atoms with van der Waals surface area (Å²) in [7, 11) is 5.22. The van der Waals surface area contributed by atoms with E-state index < -0.39 is 0 Å². The van der Waals surface area contributed by atoms with Gasteiger partial charge >= 0.3 is 0 Å². The summed E-state index contributed by atoms with van der Waals surface area (Å²) in [4.78, 5) is 11.9. The third-order valence-electron chi connectivity index (χ3n) is 6.50. The molecule has 2 saturated heterocycles. The smallest absolute Gasteiger partial charge is 0.191 e. The van der Waals surface area contributed by atoms with Gasteiger partial charge in [-0.25, -0.2) is 0 Å². The summed E-state index contributed by atoms with van der Waals surface area (Å²) in [6.45, 7) is 13.1. The molecule has 31 heavy (non-hydrogen) atoms. The maximum absolute atomic E-state index is 5.42. The summed E-state index contributed by atoms with van der Waals surface area (Å²) in [6.07, 6.45) is 1.06. The maximum Gasteiger partial charge on any atom is 0.191 e. The first-order valence-corrected chi connectivity index (χ1v) is 11.5. The summed E-state index contributed by atoms with van der Waals surface area (Å²) in [5.74, 6) is 2.52. The van der Waals surface area contributed by atoms with Crippen LogP contribution in [0.2, 0.25) is 0 Å². The summed E-state index contributed by atoms with van der Waals surface area (Å²) in [5, 5.41) is 7.14. The Bertz CT molecular complexity index is 698. The predicted octanol–water partition coefficient (Wildman–Crippen LogP) is 1.47. The lowest BCUT2D eigenvalue weighted by Gasteiger charge is -2.37. The fourth-order valence-electron chi connectivity index (χ4n) is 4.37. The van der Waals surface area contributed by atoms with E-state index in [-0.39, 0.29) is 0 Å². The normalized spacial score (nSPS) is 21.8. The van der Waals surface area contributed by atoms with Crippen molar-refractivity contribution in [2.24, 2.45) is 4.99 Å². The molecular formula is C23H40N6O2. The highest BCUT2D eigenvalue weighted by Crippen LogP contribution is 2.30. The number of ether oxygens (including phenoxy) is 2. The van der Waals surface area contributed by atoms with Crippen LogP contribution in [-0.2, 0) is 0 Å². The van der Waals surface area contributed by atoms with Crippen LogP contribution < -0.4 is 25.0 Å². The molecule has 2 heterocycles. The second kappa shape index (κ2) is 11.4. The molecule has 2 aliphatic heterocycles. The zero-order valence-electron chi connectivity index (χ0n) is 19.9. The second-order valence-corrected chi connectivity index (χ2v) is 8.42. The Morgan fingerprint density at radius 2 is 1.77 bits per heavy atom. The molecule has 2 atom stereocenters. The summed E-state index contributed by atoms with van der Waals surface area (Å²) in [5.41, 5.74) is 1.13. The van der Waals surface area contributed by atoms with E-state index in [1.807, 2.05) is 13.1 Å². The quantitative estimate of drug-likeness (QED) is 0.476. The maximum atomic E-state index is 5.42. The zero-order valence-corrected chi connectivity index (χ0v) is 19.9. The van der Waals surface area contributed by atoms with E-state index in [9.17, 15) is 0 Å². The molecule has 1 aromatic carbocycles. The van der Waals surface area contributed by atoms with Crippen LogP contribution in [0.3, 0.4) is 0 Å². The van der Waals surface area contributed by atoms with E-state index >= 15 is 0 Å². The van der Waals surface area contributed by atoms with Gasteiger partial charge in [0.2, 0.25) is 0 Å². The minimum atomic E-state index is 0.354. The van der Waals surface area contributed by atoms with Crippen LogP contribution in [0.4, 0.5) is 5.69 Å². The first kappa shape index (κ1) is 23.5. The van der Waals surface area contributed by atoms with Gasteiger partial charge in [0.1, 0.15) is 11.5 Å². The van der Waals surface area contributed by atoms with E-state index in [0.29, 0.717) is 12.1 Å². The molecule has 8 heteroatoms. The highest BCUT2D eigenvalue weighted by molar-refractivity contribution is 5.80. The van der Waals surface area contributed by atoms with E-state index in [0.717, 1.165) is 68.8 Å². The molecule has 0 amide bonds. The van der Waals surface area contributed by atoms with Crippen molar-refractivity contribution < 1.29 is 9.47 Å². The number of rotatable bonds is 8. The van der Waals surface area contributed by atoms with Gasteiger partial charge in [0.05, 0.1) is 14.2 Å². The number of piperazine rings is 1. The number of anilines is 1. The molecular weight excluding hydrogens is 392 g/mol. The minimum absolute atomic E-state index is 0.354. The van der Waals surface area contributed by atoms with Crippen molar-refractivity contribution in [1.82, 2.24) is 20.4 Å². The summed E-state index contributed by atoms with van der Waals surface area (Å²) >= 11 is 0. The largest absolute Gasteiger partial charge is 0.497 e. The number of hydrogen-bond donors (Lipinski definition) is 2. The van der Waals surface area contributed by atoms with Gasteiger partial charge in [-0.2, -0.15) is 0 Å². The van der Waals surface area contributed by atoms with Crippen LogP contribution in [0.1, 0.15) is 20.3 Å². The number of benzene rings is 1. The standard InChI is InChI=1S/C23H40N6O2/c1-6-27-9-11-28(12-10-27)18(2)16-25-23(24-3)26-19-7-8-29(17-19)20-13-21(30-4)15-22(14-20)31-5/h13-15,18-19H,6-12,16-17H2,1-5H3,(H2,24,25,26). The average molecular weight is 433 g/mol. The molecule has 0 bridgehead atoms. The molecule has 0 saturated carbocycles. The molecule has 3 rings (SSSR count). The summed E-state index contributed by atoms with van der Waals surface area (Å²) < 4.78 is 10.8. The Hall–Kier alpha value is -2.19. The van der Waals surface area contributed by atoms with Crippen LogP contribution in [-0.4, -0.2) is 101 Å². The first-order valence-electron chi connectivity index (χ1n) is 11.5. The molecule has 8 nitrogen and oxygen atoms in total. The Morgan fingerprint density at radius 1 is 1.10 bits per heavy atom. The molecule has 1 aromatic rings. The predicted molar refractivity (Wildman–Crippen MR) is 128 cm³/mol. The van der Waals surface area contributed by atoms with Crippen LogP contribution >= 0.6 is 0 Å². The third kappa shape index (κ3) is 6.40. The third-order valence-corrected chi connectivity index (χ3v) is 6.50. The number of guanidine groups is 1. The topological polar surface area (TPSA) is 64.6 Å². The van der Waals surface area contributed by atoms with Crippen LogP contribution in [0, 0.1) is 0 Å². The van der Waals surface area contributed by atoms with Crippen molar-refractivity contribution >= 4 is 11.6 Å². The van der Waals surface area contributed by atoms with Crippen molar-refractivity contribution in [3.63, 3.8) is 0 Å². The molecule has 174 valence electrons. The van der Waals surface area contributed by atoms with Gasteiger partial charge in [-0.15, -0.1) is 0 Å². The van der Waals surface area contributed by atoms with Crippen molar-refractivity contribution in [2.75, 3.05) is 78.5 Å². The van der Waals surface area contributed by atoms with E-state index in [2.05, 4.69) is 56.3 Å². The molecule has 0 aliphatic carbocycles. The average Bonchev–Trinajstić information content (AvgIpc) is 3.29. The number of likely N-dealkylation sites (N-methyl/N-ethyl adjacent to an activating group) is 1. The highest BCUT2D eigenvalue weighted by Gasteiger charge is 2.25. The van der Waals surface area contributed by atoms with Gasteiger partial charge < -0.3 is 29.9 Å². The van der Waals surface area contributed by atoms with E-state index in [1.165, 1.54) is 13.1 Å². The number of aliphatic imine (C=N–C) groups is 1. The van der Waals surface area contributed by atoms with Gasteiger partial charge in [-0.05, 0) is 19.9 Å².